The summed E-state index contributed by atoms with van der Waals surface area (Å²) in [4.78, 5) is 18.4. The van der Waals surface area contributed by atoms with Crippen LogP contribution in [0.2, 0.25) is 0 Å². The van der Waals surface area contributed by atoms with Crippen molar-refractivity contribution in [3.05, 3.63) is 6.33 Å². The van der Waals surface area contributed by atoms with Gasteiger partial charge in [0, 0.05) is 19.6 Å². The van der Waals surface area contributed by atoms with E-state index in [4.69, 9.17) is 0 Å². The Bertz CT molecular complexity index is 608. The first-order valence-corrected chi connectivity index (χ1v) is 7.01. The van der Waals surface area contributed by atoms with Gasteiger partial charge in [0.05, 0.1) is 11.9 Å². The molecular weight excluding hydrogens is 256 g/mol. The molecule has 0 radical (unpaired) electrons. The van der Waals surface area contributed by atoms with Crippen molar-refractivity contribution in [1.29, 1.82) is 0 Å². The monoisotopic (exact) mass is 276 g/mol. The Labute approximate surface area is 117 Å². The topological polar surface area (TPSA) is 90.0 Å². The lowest BCUT2D eigenvalue weighted by Gasteiger charge is -2.37. The fourth-order valence-electron chi connectivity index (χ4n) is 2.68. The minimum absolute atomic E-state index is 0.573. The summed E-state index contributed by atoms with van der Waals surface area (Å²) in [6.45, 7) is 6.09. The summed E-state index contributed by atoms with van der Waals surface area (Å²) in [5, 5.41) is 13.4. The van der Waals surface area contributed by atoms with Crippen molar-refractivity contribution in [2.75, 3.05) is 29.9 Å². The first kappa shape index (κ1) is 13.1. The molecule has 1 aliphatic heterocycles. The van der Waals surface area contributed by atoms with E-state index in [2.05, 4.69) is 30.2 Å². The molecule has 7 heteroatoms. The molecule has 3 heterocycles. The maximum absolute atomic E-state index is 10.3. The third kappa shape index (κ3) is 2.40. The highest BCUT2D eigenvalue weighted by molar-refractivity contribution is 5.84. The largest absolute Gasteiger partial charge is 0.388 e. The van der Waals surface area contributed by atoms with Crippen LogP contribution in [-0.2, 0) is 0 Å². The molecule has 0 saturated carbocycles. The Hall–Kier alpha value is -1.89. The summed E-state index contributed by atoms with van der Waals surface area (Å²) in [6, 6.07) is 0. The molecule has 0 spiro atoms. The van der Waals surface area contributed by atoms with Crippen molar-refractivity contribution in [2.45, 2.75) is 32.3 Å². The summed E-state index contributed by atoms with van der Waals surface area (Å²) in [6.07, 6.45) is 3.39. The number of hydrogen-bond acceptors (Lipinski definition) is 6. The number of piperidine rings is 1. The van der Waals surface area contributed by atoms with Crippen molar-refractivity contribution in [3.8, 4) is 0 Å². The van der Waals surface area contributed by atoms with Gasteiger partial charge in [0.1, 0.15) is 5.52 Å². The van der Waals surface area contributed by atoms with Crippen LogP contribution in [0.5, 0.6) is 0 Å². The average molecular weight is 276 g/mol. The van der Waals surface area contributed by atoms with E-state index in [0.717, 1.165) is 37.3 Å². The van der Waals surface area contributed by atoms with Gasteiger partial charge in [-0.1, -0.05) is 0 Å². The summed E-state index contributed by atoms with van der Waals surface area (Å²) >= 11 is 0. The number of nitrogens with one attached hydrogen (secondary N) is 2. The van der Waals surface area contributed by atoms with Crippen LogP contribution < -0.4 is 10.2 Å². The smallest absolute Gasteiger partial charge is 0.226 e. The number of rotatable bonds is 3. The second-order valence-corrected chi connectivity index (χ2v) is 5.52. The molecule has 1 unspecified atom stereocenters. The molecule has 7 nitrogen and oxygen atoms in total. The molecule has 1 fully saturated rings. The lowest BCUT2D eigenvalue weighted by molar-refractivity contribution is 0.0448. The summed E-state index contributed by atoms with van der Waals surface area (Å²) in [7, 11) is 0. The lowest BCUT2D eigenvalue weighted by Crippen LogP contribution is -2.46. The predicted molar refractivity (Wildman–Crippen MR) is 77.9 cm³/mol. The van der Waals surface area contributed by atoms with Gasteiger partial charge in [-0.3, -0.25) is 0 Å². The standard InChI is InChI=1S/C13H20N6O/c1-3-14-12-17-10-9(15-8-16-10)11(18-12)19-6-4-5-13(2,20)7-19/h8,20H,3-7H2,1-2H3,(H2,14,15,16,17,18). The van der Waals surface area contributed by atoms with Gasteiger partial charge in [-0.15, -0.1) is 0 Å². The fourth-order valence-corrected chi connectivity index (χ4v) is 2.68. The second kappa shape index (κ2) is 4.90. The van der Waals surface area contributed by atoms with Gasteiger partial charge in [-0.05, 0) is 26.7 Å². The molecule has 2 aromatic heterocycles. The number of anilines is 2. The molecule has 20 heavy (non-hydrogen) atoms. The van der Waals surface area contributed by atoms with Crippen molar-refractivity contribution >= 4 is 22.9 Å². The zero-order valence-electron chi connectivity index (χ0n) is 11.8. The molecule has 2 aromatic rings. The van der Waals surface area contributed by atoms with Gasteiger partial charge in [0.15, 0.2) is 11.5 Å². The Balaban J connectivity index is 2.02. The van der Waals surface area contributed by atoms with Gasteiger partial charge >= 0.3 is 0 Å². The van der Waals surface area contributed by atoms with Crippen LogP contribution in [0.4, 0.5) is 11.8 Å². The molecule has 108 valence electrons. The Kier molecular flexibility index (Phi) is 3.21. The van der Waals surface area contributed by atoms with E-state index in [1.54, 1.807) is 6.33 Å². The van der Waals surface area contributed by atoms with Gasteiger partial charge in [0.2, 0.25) is 5.95 Å². The van der Waals surface area contributed by atoms with Crippen LogP contribution >= 0.6 is 0 Å². The molecule has 0 aromatic carbocycles. The third-order valence-corrected chi connectivity index (χ3v) is 3.58. The molecule has 3 rings (SSSR count). The highest BCUT2D eigenvalue weighted by Gasteiger charge is 2.30. The summed E-state index contributed by atoms with van der Waals surface area (Å²) in [5.41, 5.74) is 0.800. The van der Waals surface area contributed by atoms with E-state index in [1.807, 2.05) is 13.8 Å². The van der Waals surface area contributed by atoms with Crippen molar-refractivity contribution in [2.24, 2.45) is 0 Å². The van der Waals surface area contributed by atoms with Crippen molar-refractivity contribution < 1.29 is 5.11 Å². The fraction of sp³-hybridized carbons (Fsp3) is 0.615. The Morgan fingerprint density at radius 3 is 3.10 bits per heavy atom. The minimum Gasteiger partial charge on any atom is -0.388 e. The number of hydrogen-bond donors (Lipinski definition) is 3. The number of imidazole rings is 1. The average Bonchev–Trinajstić information content (AvgIpc) is 2.85. The Morgan fingerprint density at radius 1 is 1.50 bits per heavy atom. The number of aliphatic hydroxyl groups is 1. The molecule has 1 saturated heterocycles. The van der Waals surface area contributed by atoms with E-state index >= 15 is 0 Å². The number of H-pyrrole nitrogens is 1. The molecule has 0 aliphatic carbocycles. The number of β-amino-alcohol motifs (C(OH)–C–C–N with tert-alkyl or cyclic N) is 1. The van der Waals surface area contributed by atoms with Crippen molar-refractivity contribution in [3.63, 3.8) is 0 Å². The van der Waals surface area contributed by atoms with E-state index in [0.29, 0.717) is 18.1 Å². The van der Waals surface area contributed by atoms with Gasteiger partial charge in [-0.2, -0.15) is 9.97 Å². The van der Waals surface area contributed by atoms with E-state index in [1.165, 1.54) is 0 Å². The predicted octanol–water partition coefficient (Wildman–Crippen LogP) is 1.14. The first-order chi connectivity index (χ1) is 9.59. The van der Waals surface area contributed by atoms with Crippen LogP contribution in [0.25, 0.3) is 11.2 Å². The van der Waals surface area contributed by atoms with Gasteiger partial charge < -0.3 is 20.3 Å². The van der Waals surface area contributed by atoms with Crippen LogP contribution in [0, 0.1) is 0 Å². The zero-order valence-corrected chi connectivity index (χ0v) is 11.8. The third-order valence-electron chi connectivity index (χ3n) is 3.58. The normalized spacial score (nSPS) is 23.2. The van der Waals surface area contributed by atoms with E-state index < -0.39 is 5.60 Å². The molecule has 1 atom stereocenters. The van der Waals surface area contributed by atoms with E-state index in [-0.39, 0.29) is 0 Å². The summed E-state index contributed by atoms with van der Waals surface area (Å²) in [5.74, 6) is 1.38. The quantitative estimate of drug-likeness (QED) is 0.779. The van der Waals surface area contributed by atoms with Crippen LogP contribution in [0.15, 0.2) is 6.33 Å². The molecule has 0 amide bonds. The minimum atomic E-state index is -0.673. The highest BCUT2D eigenvalue weighted by atomic mass is 16.3. The van der Waals surface area contributed by atoms with Crippen molar-refractivity contribution in [1.82, 2.24) is 19.9 Å². The zero-order chi connectivity index (χ0) is 14.2. The maximum Gasteiger partial charge on any atom is 0.226 e. The Morgan fingerprint density at radius 2 is 2.35 bits per heavy atom. The number of fused-ring (bicyclic) bond motifs is 1. The SMILES string of the molecule is CCNc1nc(N2CCCC(C)(O)C2)c2[nH]cnc2n1. The number of aromatic amines is 1. The molecule has 1 aliphatic rings. The van der Waals surface area contributed by atoms with E-state index in [9.17, 15) is 5.11 Å². The maximum atomic E-state index is 10.3. The van der Waals surface area contributed by atoms with Gasteiger partial charge in [-0.25, -0.2) is 4.98 Å². The lowest BCUT2D eigenvalue weighted by atomic mass is 9.95. The number of aromatic nitrogens is 4. The number of nitrogens with zero attached hydrogens (tertiary/aromatic N) is 4. The first-order valence-electron chi connectivity index (χ1n) is 7.01. The molecule has 3 N–H and O–H groups in total. The summed E-state index contributed by atoms with van der Waals surface area (Å²) < 4.78 is 0. The molecular formula is C13H20N6O. The highest BCUT2D eigenvalue weighted by Crippen LogP contribution is 2.28. The second-order valence-electron chi connectivity index (χ2n) is 5.52. The van der Waals surface area contributed by atoms with Gasteiger partial charge in [0.25, 0.3) is 0 Å². The van der Waals surface area contributed by atoms with Crippen LogP contribution in [-0.4, -0.2) is 50.3 Å². The molecule has 0 bridgehead atoms. The van der Waals surface area contributed by atoms with Crippen LogP contribution in [0.3, 0.4) is 0 Å². The van der Waals surface area contributed by atoms with Crippen LogP contribution in [0.1, 0.15) is 26.7 Å².